The van der Waals surface area contributed by atoms with E-state index in [0.29, 0.717) is 0 Å². The van der Waals surface area contributed by atoms with Gasteiger partial charge in [-0.1, -0.05) is 0 Å². The van der Waals surface area contributed by atoms with Gasteiger partial charge in [0.2, 0.25) is 0 Å². The van der Waals surface area contributed by atoms with Gasteiger partial charge >= 0.3 is 0 Å². The van der Waals surface area contributed by atoms with Gasteiger partial charge in [0.15, 0.2) is 0 Å². The van der Waals surface area contributed by atoms with Crippen LogP contribution >= 0.6 is 48.5 Å². The standard InChI is InChI=1S/I2S.Na/c1-3-2;. The Balaban J connectivity index is 0. The van der Waals surface area contributed by atoms with Crippen LogP contribution in [-0.2, 0) is 0 Å². The first-order chi connectivity index (χ1) is 1.41. The molecule has 4 heavy (non-hydrogen) atoms. The van der Waals surface area contributed by atoms with Crippen molar-refractivity contribution in [2.24, 2.45) is 0 Å². The molecule has 1 radical (unpaired) electrons. The average Bonchev–Trinajstić information content (AvgIpc) is 0.918. The molecule has 0 aliphatic carbocycles. The molecule has 0 heterocycles. The van der Waals surface area contributed by atoms with E-state index in [0.717, 1.165) is 0 Å². The summed E-state index contributed by atoms with van der Waals surface area (Å²) in [7, 11) is 0. The fourth-order valence-electron chi connectivity index (χ4n) is 0. The molecule has 0 nitrogen and oxygen atoms in total. The summed E-state index contributed by atoms with van der Waals surface area (Å²) < 4.78 is 0. The molecule has 0 N–H and O–H groups in total. The molecule has 0 fully saturated rings. The smallest absolute Gasteiger partial charge is 0.00791 e. The zero-order valence-electron chi connectivity index (χ0n) is 2.16. The largest absolute Gasteiger partial charge is 0.0158 e. The molecule has 0 aliphatic rings. The van der Waals surface area contributed by atoms with Crippen LogP contribution in [-0.4, -0.2) is 29.6 Å². The summed E-state index contributed by atoms with van der Waals surface area (Å²) in [6.07, 6.45) is 1.69. The number of hydrogen-bond acceptors (Lipinski definition) is 1. The Morgan fingerprint density at radius 3 is 1.25 bits per heavy atom. The van der Waals surface area contributed by atoms with Crippen LogP contribution in [0.4, 0.5) is 0 Å². The third kappa shape index (κ3) is 8.84. The third-order valence-electron chi connectivity index (χ3n) is 0. The zero-order chi connectivity index (χ0) is 2.71. The maximum Gasteiger partial charge on any atom is 0.00791 e. The molecule has 21 valence electrons. The van der Waals surface area contributed by atoms with Crippen molar-refractivity contribution in [1.82, 2.24) is 0 Å². The number of halogens is 2. The minimum atomic E-state index is 0. The minimum absolute atomic E-state index is 0. The Kier molecular flexibility index (Phi) is 23.0. The second-order valence-corrected chi connectivity index (χ2v) is 7.87. The van der Waals surface area contributed by atoms with Gasteiger partial charge in [0.25, 0.3) is 0 Å². The molecule has 0 rings (SSSR count). The molecule has 0 amide bonds. The van der Waals surface area contributed by atoms with Crippen LogP contribution in [0, 0.1) is 0 Å². The van der Waals surface area contributed by atoms with Crippen LogP contribution in [0.5, 0.6) is 0 Å². The molecule has 0 bridgehead atoms. The summed E-state index contributed by atoms with van der Waals surface area (Å²) in [5.41, 5.74) is 0. The van der Waals surface area contributed by atoms with Crippen LogP contribution < -0.4 is 0 Å². The van der Waals surface area contributed by atoms with E-state index in [4.69, 9.17) is 0 Å². The average molecular weight is 309 g/mol. The van der Waals surface area contributed by atoms with Crippen molar-refractivity contribution in [3.63, 3.8) is 0 Å². The molecule has 0 atom stereocenters. The fourth-order valence-corrected chi connectivity index (χ4v) is 0. The first-order valence-corrected chi connectivity index (χ1v) is 6.21. The Labute approximate surface area is 76.3 Å². The van der Waals surface area contributed by atoms with E-state index >= 15 is 0 Å². The molecule has 0 aliphatic heterocycles. The van der Waals surface area contributed by atoms with Crippen molar-refractivity contribution in [2.75, 3.05) is 0 Å². The molecule has 0 spiro atoms. The van der Waals surface area contributed by atoms with Crippen molar-refractivity contribution in [2.45, 2.75) is 0 Å². The maximum absolute atomic E-state index is 2.19. The van der Waals surface area contributed by atoms with Crippen LogP contribution in [0.3, 0.4) is 0 Å². The van der Waals surface area contributed by atoms with Crippen LogP contribution in [0.2, 0.25) is 0 Å². The predicted octanol–water partition coefficient (Wildman–Crippen LogP) is 2.04. The summed E-state index contributed by atoms with van der Waals surface area (Å²) in [6, 6.07) is 0. The molecule has 0 aromatic heterocycles. The third-order valence-corrected chi connectivity index (χ3v) is 0. The van der Waals surface area contributed by atoms with Gasteiger partial charge in [-0.2, -0.15) is 0 Å². The van der Waals surface area contributed by atoms with E-state index < -0.39 is 0 Å². The Morgan fingerprint density at radius 2 is 1.25 bits per heavy atom. The van der Waals surface area contributed by atoms with Gasteiger partial charge in [0, 0.05) is 72.0 Å². The van der Waals surface area contributed by atoms with Gasteiger partial charge in [-0.15, -0.1) is 0 Å². The molecule has 0 aromatic carbocycles. The minimum Gasteiger partial charge on any atom is -0.0158 e. The molecular formula is I2NaS. The predicted molar refractivity (Wildman–Crippen MR) is 41.4 cm³/mol. The van der Waals surface area contributed by atoms with E-state index in [1.54, 1.807) is 6.10 Å². The van der Waals surface area contributed by atoms with Gasteiger partial charge < -0.3 is 0 Å². The first kappa shape index (κ1) is 9.94. The van der Waals surface area contributed by atoms with Crippen molar-refractivity contribution >= 4 is 78.1 Å². The van der Waals surface area contributed by atoms with Gasteiger partial charge in [0.05, 0.1) is 0 Å². The number of rotatable bonds is 0. The molecule has 0 unspecified atom stereocenters. The van der Waals surface area contributed by atoms with Crippen molar-refractivity contribution in [3.05, 3.63) is 0 Å². The summed E-state index contributed by atoms with van der Waals surface area (Å²) in [6.45, 7) is 0. The van der Waals surface area contributed by atoms with E-state index in [2.05, 4.69) is 42.4 Å². The van der Waals surface area contributed by atoms with Crippen molar-refractivity contribution in [3.8, 4) is 0 Å². The van der Waals surface area contributed by atoms with E-state index in [1.165, 1.54) is 0 Å². The molecule has 0 saturated carbocycles. The number of hydrogen-bond donors (Lipinski definition) is 0. The maximum atomic E-state index is 2.19. The Bertz CT molecular complexity index is 6.00. The van der Waals surface area contributed by atoms with Crippen LogP contribution in [0.15, 0.2) is 0 Å². The van der Waals surface area contributed by atoms with Gasteiger partial charge in [-0.3, -0.25) is 0 Å². The van der Waals surface area contributed by atoms with Gasteiger partial charge in [-0.05, 0) is 6.10 Å². The molecule has 4 heteroatoms. The van der Waals surface area contributed by atoms with Crippen molar-refractivity contribution < 1.29 is 0 Å². The zero-order valence-corrected chi connectivity index (χ0v) is 9.30. The molecular weight excluding hydrogens is 309 g/mol. The van der Waals surface area contributed by atoms with E-state index in [-0.39, 0.29) is 29.6 Å². The summed E-state index contributed by atoms with van der Waals surface area (Å²) in [5.74, 6) is 0. The van der Waals surface area contributed by atoms with Crippen LogP contribution in [0.25, 0.3) is 0 Å². The summed E-state index contributed by atoms with van der Waals surface area (Å²) in [4.78, 5) is 0. The topological polar surface area (TPSA) is 0 Å². The van der Waals surface area contributed by atoms with E-state index in [1.807, 2.05) is 0 Å². The first-order valence-electron chi connectivity index (χ1n) is 0.309. The summed E-state index contributed by atoms with van der Waals surface area (Å²) in [5, 5.41) is 0. The van der Waals surface area contributed by atoms with Gasteiger partial charge in [-0.25, -0.2) is 0 Å². The van der Waals surface area contributed by atoms with Crippen LogP contribution in [0.1, 0.15) is 0 Å². The normalized spacial score (nSPS) is 4.50. The SMILES string of the molecule is ISI.[Na]. The second kappa shape index (κ2) is 9.26. The molecule has 0 saturated heterocycles. The Morgan fingerprint density at radius 1 is 1.25 bits per heavy atom. The summed E-state index contributed by atoms with van der Waals surface area (Å²) >= 11 is 4.38. The van der Waals surface area contributed by atoms with Crippen molar-refractivity contribution in [1.29, 1.82) is 0 Å². The van der Waals surface area contributed by atoms with Gasteiger partial charge in [0.1, 0.15) is 0 Å². The second-order valence-electron chi connectivity index (χ2n) is 0.0583. The molecule has 0 aromatic rings. The van der Waals surface area contributed by atoms with E-state index in [9.17, 15) is 0 Å². The monoisotopic (exact) mass is 309 g/mol. The quantitative estimate of drug-likeness (QED) is 0.487. The fraction of sp³-hybridized carbons (Fsp3) is 0. The Hall–Kier alpha value is 2.81.